The van der Waals surface area contributed by atoms with Crippen LogP contribution in [-0.4, -0.2) is 74.8 Å². The Balaban J connectivity index is 1.85. The van der Waals surface area contributed by atoms with Crippen molar-refractivity contribution in [2.24, 2.45) is 16.3 Å². The number of nitrogens with one attached hydrogen (secondary N) is 1. The number of aliphatic imine (C=N–C) groups is 1. The molecule has 5 nitrogen and oxygen atoms in total. The molecule has 2 aliphatic rings. The maximum Gasteiger partial charge on any atom is 0.194 e. The number of nitrogens with zero attached hydrogens (tertiary/aromatic N) is 3. The van der Waals surface area contributed by atoms with E-state index in [4.69, 9.17) is 9.73 Å². The second-order valence-electron chi connectivity index (χ2n) is 7.16. The molecular formula is C16H32N4O. The first-order valence-corrected chi connectivity index (χ1v) is 8.36. The molecule has 5 heteroatoms. The smallest absolute Gasteiger partial charge is 0.194 e. The van der Waals surface area contributed by atoms with Gasteiger partial charge in [-0.05, 0) is 12.8 Å². The highest BCUT2D eigenvalue weighted by Crippen LogP contribution is 2.26. The molecule has 2 saturated heterocycles. The molecule has 2 fully saturated rings. The van der Waals surface area contributed by atoms with E-state index >= 15 is 0 Å². The largest absolute Gasteiger partial charge is 0.380 e. The van der Waals surface area contributed by atoms with Gasteiger partial charge < -0.3 is 15.0 Å². The highest BCUT2D eigenvalue weighted by atomic mass is 16.5. The maximum atomic E-state index is 5.32. The molecule has 0 saturated carbocycles. The lowest BCUT2D eigenvalue weighted by atomic mass is 9.89. The summed E-state index contributed by atoms with van der Waals surface area (Å²) in [5, 5.41) is 3.45. The Morgan fingerprint density at radius 3 is 2.38 bits per heavy atom. The lowest BCUT2D eigenvalue weighted by Gasteiger charge is -2.39. The number of guanidine groups is 1. The summed E-state index contributed by atoms with van der Waals surface area (Å²) in [6.45, 7) is 18.1. The standard InChI is InChI=1S/C16H32N4O/c1-5-17-15(18-11-16(4)12-21-13-16)20-8-6-19(7-9-20)10-14(2)3/h14H,5-13H2,1-4H3,(H,17,18). The van der Waals surface area contributed by atoms with E-state index in [1.165, 1.54) is 6.54 Å². The van der Waals surface area contributed by atoms with Gasteiger partial charge in [-0.2, -0.15) is 0 Å². The zero-order valence-corrected chi connectivity index (χ0v) is 14.2. The molecule has 0 bridgehead atoms. The summed E-state index contributed by atoms with van der Waals surface area (Å²) in [7, 11) is 0. The van der Waals surface area contributed by atoms with Gasteiger partial charge in [0.2, 0.25) is 0 Å². The van der Waals surface area contributed by atoms with Crippen LogP contribution in [0.5, 0.6) is 0 Å². The number of hydrogen-bond donors (Lipinski definition) is 1. The third kappa shape index (κ3) is 4.85. The topological polar surface area (TPSA) is 40.1 Å². The average Bonchev–Trinajstić information content (AvgIpc) is 2.42. The fourth-order valence-corrected chi connectivity index (χ4v) is 2.89. The second-order valence-corrected chi connectivity index (χ2v) is 7.16. The van der Waals surface area contributed by atoms with Gasteiger partial charge in [-0.25, -0.2) is 0 Å². The van der Waals surface area contributed by atoms with Crippen molar-refractivity contribution in [1.82, 2.24) is 15.1 Å². The van der Waals surface area contributed by atoms with Gasteiger partial charge in [0, 0.05) is 44.7 Å². The summed E-state index contributed by atoms with van der Waals surface area (Å²) < 4.78 is 5.32. The fourth-order valence-electron chi connectivity index (χ4n) is 2.89. The minimum absolute atomic E-state index is 0.250. The Labute approximate surface area is 129 Å². The van der Waals surface area contributed by atoms with Crippen LogP contribution in [0, 0.1) is 11.3 Å². The molecule has 2 heterocycles. The molecule has 122 valence electrons. The molecule has 0 unspecified atom stereocenters. The normalized spacial score (nSPS) is 23.3. The molecule has 1 N–H and O–H groups in total. The van der Waals surface area contributed by atoms with Gasteiger partial charge in [-0.3, -0.25) is 9.89 Å². The van der Waals surface area contributed by atoms with Crippen LogP contribution in [-0.2, 0) is 4.74 Å². The first-order valence-electron chi connectivity index (χ1n) is 8.36. The van der Waals surface area contributed by atoms with Crippen molar-refractivity contribution < 1.29 is 4.74 Å². The van der Waals surface area contributed by atoms with E-state index in [1.54, 1.807) is 0 Å². The van der Waals surface area contributed by atoms with Gasteiger partial charge in [0.1, 0.15) is 0 Å². The van der Waals surface area contributed by atoms with Crippen LogP contribution in [0.15, 0.2) is 4.99 Å². The van der Waals surface area contributed by atoms with Crippen LogP contribution in [0.3, 0.4) is 0 Å². The first kappa shape index (κ1) is 16.6. The molecule has 0 atom stereocenters. The highest BCUT2D eigenvalue weighted by molar-refractivity contribution is 5.80. The molecule has 0 aromatic heterocycles. The van der Waals surface area contributed by atoms with Gasteiger partial charge in [-0.1, -0.05) is 20.8 Å². The molecule has 0 aliphatic carbocycles. The second kappa shape index (κ2) is 7.45. The summed E-state index contributed by atoms with van der Waals surface area (Å²) in [5.74, 6) is 1.83. The highest BCUT2D eigenvalue weighted by Gasteiger charge is 2.33. The van der Waals surface area contributed by atoms with Gasteiger partial charge in [0.05, 0.1) is 19.8 Å². The summed E-state index contributed by atoms with van der Waals surface area (Å²) in [4.78, 5) is 9.82. The Kier molecular flexibility index (Phi) is 5.88. The SMILES string of the molecule is CCNC(=NCC1(C)COC1)N1CCN(CC(C)C)CC1. The third-order valence-corrected chi connectivity index (χ3v) is 4.14. The van der Waals surface area contributed by atoms with Crippen LogP contribution in [0.2, 0.25) is 0 Å². The van der Waals surface area contributed by atoms with Crippen molar-refractivity contribution in [3.8, 4) is 0 Å². The van der Waals surface area contributed by atoms with Crippen LogP contribution in [0.4, 0.5) is 0 Å². The zero-order valence-electron chi connectivity index (χ0n) is 14.2. The first-order chi connectivity index (χ1) is 10.0. The van der Waals surface area contributed by atoms with E-state index < -0.39 is 0 Å². The molecule has 2 rings (SSSR count). The van der Waals surface area contributed by atoms with E-state index in [1.807, 2.05) is 0 Å². The summed E-state index contributed by atoms with van der Waals surface area (Å²) in [6, 6.07) is 0. The van der Waals surface area contributed by atoms with Crippen LogP contribution in [0.1, 0.15) is 27.7 Å². The van der Waals surface area contributed by atoms with E-state index in [9.17, 15) is 0 Å². The molecule has 0 amide bonds. The predicted octanol–water partition coefficient (Wildman–Crippen LogP) is 1.26. The Morgan fingerprint density at radius 2 is 1.90 bits per heavy atom. The van der Waals surface area contributed by atoms with Crippen LogP contribution < -0.4 is 5.32 Å². The summed E-state index contributed by atoms with van der Waals surface area (Å²) in [5.41, 5.74) is 0.250. The van der Waals surface area contributed by atoms with Gasteiger partial charge in [0.15, 0.2) is 5.96 Å². The molecule has 0 aromatic rings. The lowest BCUT2D eigenvalue weighted by molar-refractivity contribution is -0.0946. The maximum absolute atomic E-state index is 5.32. The van der Waals surface area contributed by atoms with Crippen molar-refractivity contribution in [2.75, 3.05) is 59.0 Å². The fraction of sp³-hybridized carbons (Fsp3) is 0.938. The van der Waals surface area contributed by atoms with E-state index in [2.05, 4.69) is 42.8 Å². The van der Waals surface area contributed by atoms with E-state index in [0.29, 0.717) is 0 Å². The van der Waals surface area contributed by atoms with Gasteiger partial charge in [0.25, 0.3) is 0 Å². The minimum atomic E-state index is 0.250. The van der Waals surface area contributed by atoms with Gasteiger partial charge >= 0.3 is 0 Å². The Morgan fingerprint density at radius 1 is 1.24 bits per heavy atom. The quantitative estimate of drug-likeness (QED) is 0.612. The summed E-state index contributed by atoms with van der Waals surface area (Å²) >= 11 is 0. The Bertz CT molecular complexity index is 344. The van der Waals surface area contributed by atoms with E-state index in [0.717, 1.165) is 64.4 Å². The molecule has 0 aromatic carbocycles. The monoisotopic (exact) mass is 296 g/mol. The van der Waals surface area contributed by atoms with Crippen LogP contribution >= 0.6 is 0 Å². The molecule has 21 heavy (non-hydrogen) atoms. The third-order valence-electron chi connectivity index (χ3n) is 4.14. The average molecular weight is 296 g/mol. The van der Waals surface area contributed by atoms with Gasteiger partial charge in [-0.15, -0.1) is 0 Å². The number of piperazine rings is 1. The molecule has 2 aliphatic heterocycles. The number of hydrogen-bond acceptors (Lipinski definition) is 3. The van der Waals surface area contributed by atoms with Crippen molar-refractivity contribution in [1.29, 1.82) is 0 Å². The van der Waals surface area contributed by atoms with E-state index in [-0.39, 0.29) is 5.41 Å². The van der Waals surface area contributed by atoms with Crippen molar-refractivity contribution in [3.63, 3.8) is 0 Å². The number of ether oxygens (including phenoxy) is 1. The van der Waals surface area contributed by atoms with Crippen molar-refractivity contribution in [3.05, 3.63) is 0 Å². The van der Waals surface area contributed by atoms with Crippen LogP contribution in [0.25, 0.3) is 0 Å². The Hall–Kier alpha value is -0.810. The number of rotatable bonds is 5. The zero-order chi connectivity index (χ0) is 15.3. The molecular weight excluding hydrogens is 264 g/mol. The molecule has 0 spiro atoms. The lowest BCUT2D eigenvalue weighted by Crippen LogP contribution is -2.53. The summed E-state index contributed by atoms with van der Waals surface area (Å²) in [6.07, 6.45) is 0. The minimum Gasteiger partial charge on any atom is -0.380 e. The van der Waals surface area contributed by atoms with Crippen molar-refractivity contribution in [2.45, 2.75) is 27.7 Å². The molecule has 0 radical (unpaired) electrons. The predicted molar refractivity (Wildman–Crippen MR) is 87.8 cm³/mol. The van der Waals surface area contributed by atoms with Crippen molar-refractivity contribution >= 4 is 5.96 Å².